The number of hydrogen-bond donors (Lipinski definition) is 1. The van der Waals surface area contributed by atoms with Crippen molar-refractivity contribution in [1.82, 2.24) is 24.6 Å². The first-order valence-electron chi connectivity index (χ1n) is 9.35. The zero-order valence-electron chi connectivity index (χ0n) is 15.8. The monoisotopic (exact) mass is 478 g/mol. The van der Waals surface area contributed by atoms with E-state index in [1.54, 1.807) is 11.7 Å². The van der Waals surface area contributed by atoms with Crippen molar-refractivity contribution in [3.8, 4) is 0 Å². The number of ether oxygens (including phenoxy) is 1. The van der Waals surface area contributed by atoms with Gasteiger partial charge in [0, 0.05) is 59.2 Å². The van der Waals surface area contributed by atoms with E-state index in [1.807, 2.05) is 4.57 Å². The number of halogens is 1. The summed E-state index contributed by atoms with van der Waals surface area (Å²) in [5, 5.41) is 7.86. The molecule has 1 aromatic rings. The van der Waals surface area contributed by atoms with Crippen LogP contribution in [0, 0.1) is 5.92 Å². The van der Waals surface area contributed by atoms with Crippen molar-refractivity contribution in [3.05, 3.63) is 16.3 Å². The van der Waals surface area contributed by atoms with Crippen molar-refractivity contribution < 1.29 is 4.74 Å². The lowest BCUT2D eigenvalue weighted by molar-refractivity contribution is 0.181. The predicted molar refractivity (Wildman–Crippen MR) is 112 cm³/mol. The summed E-state index contributed by atoms with van der Waals surface area (Å²) < 4.78 is 8.88. The Labute approximate surface area is 172 Å². The highest BCUT2D eigenvalue weighted by Crippen LogP contribution is 2.13. The molecule has 148 valence electrons. The summed E-state index contributed by atoms with van der Waals surface area (Å²) in [5.74, 6) is 2.42. The maximum absolute atomic E-state index is 12.3. The molecule has 0 aromatic carbocycles. The molecular weight excluding hydrogens is 447 g/mol. The molecule has 1 aromatic heterocycles. The highest BCUT2D eigenvalue weighted by molar-refractivity contribution is 14.0. The number of aryl methyl sites for hydroxylation is 2. The summed E-state index contributed by atoms with van der Waals surface area (Å²) in [5.41, 5.74) is 0.0393. The molecule has 1 saturated heterocycles. The van der Waals surface area contributed by atoms with Gasteiger partial charge in [-0.25, -0.2) is 9.48 Å². The number of aromatic nitrogens is 3. The summed E-state index contributed by atoms with van der Waals surface area (Å²) in [4.78, 5) is 18.8. The molecule has 2 aliphatic rings. The molecule has 2 aliphatic heterocycles. The van der Waals surface area contributed by atoms with Crippen molar-refractivity contribution in [2.75, 3.05) is 40.4 Å². The molecule has 1 N–H and O–H groups in total. The van der Waals surface area contributed by atoms with E-state index >= 15 is 0 Å². The van der Waals surface area contributed by atoms with Crippen LogP contribution < -0.4 is 11.0 Å². The number of rotatable bonds is 6. The second kappa shape index (κ2) is 10.3. The third-order valence-corrected chi connectivity index (χ3v) is 4.99. The van der Waals surface area contributed by atoms with Crippen LogP contribution >= 0.6 is 24.0 Å². The standard InChI is InChI=1S/C17H30N6O2.HI/c1-18-16(21(2)12-14-7-11-25-13-14)19-8-5-10-23-17(24)22-9-4-3-6-15(22)20-23;/h14H,3-13H2,1-2H3,(H,18,19);1H. The van der Waals surface area contributed by atoms with E-state index in [4.69, 9.17) is 4.74 Å². The van der Waals surface area contributed by atoms with Crippen LogP contribution in [0.4, 0.5) is 0 Å². The van der Waals surface area contributed by atoms with Crippen LogP contribution in [0.25, 0.3) is 0 Å². The van der Waals surface area contributed by atoms with Crippen LogP contribution in [0.3, 0.4) is 0 Å². The van der Waals surface area contributed by atoms with Crippen molar-refractivity contribution in [2.45, 2.75) is 45.2 Å². The van der Waals surface area contributed by atoms with Crippen LogP contribution in [0.5, 0.6) is 0 Å². The van der Waals surface area contributed by atoms with E-state index < -0.39 is 0 Å². The van der Waals surface area contributed by atoms with E-state index in [9.17, 15) is 4.79 Å². The fraction of sp³-hybridized carbons (Fsp3) is 0.824. The van der Waals surface area contributed by atoms with Gasteiger partial charge in [0.15, 0.2) is 5.96 Å². The SMILES string of the molecule is CN=C(NCCCn1nc2n(c1=O)CCCC2)N(C)CC1CCOC1.I. The van der Waals surface area contributed by atoms with E-state index in [1.165, 1.54) is 0 Å². The average molecular weight is 478 g/mol. The third kappa shape index (κ3) is 5.21. The minimum atomic E-state index is 0. The summed E-state index contributed by atoms with van der Waals surface area (Å²) >= 11 is 0. The fourth-order valence-electron chi connectivity index (χ4n) is 3.61. The Bertz CT molecular complexity index is 650. The van der Waals surface area contributed by atoms with Gasteiger partial charge in [-0.2, -0.15) is 5.10 Å². The molecule has 1 atom stereocenters. The number of hydrogen-bond acceptors (Lipinski definition) is 4. The zero-order chi connectivity index (χ0) is 17.6. The Kier molecular flexibility index (Phi) is 8.39. The molecule has 9 heteroatoms. The van der Waals surface area contributed by atoms with Gasteiger partial charge < -0.3 is 15.0 Å². The molecule has 26 heavy (non-hydrogen) atoms. The molecule has 3 heterocycles. The first-order valence-corrected chi connectivity index (χ1v) is 9.35. The molecule has 1 fully saturated rings. The van der Waals surface area contributed by atoms with E-state index in [-0.39, 0.29) is 29.7 Å². The van der Waals surface area contributed by atoms with Gasteiger partial charge >= 0.3 is 5.69 Å². The van der Waals surface area contributed by atoms with Gasteiger partial charge in [0.05, 0.1) is 6.61 Å². The molecule has 0 bridgehead atoms. The lowest BCUT2D eigenvalue weighted by Gasteiger charge is -2.24. The van der Waals surface area contributed by atoms with Crippen molar-refractivity contribution in [2.24, 2.45) is 10.9 Å². The molecule has 0 saturated carbocycles. The highest BCUT2D eigenvalue weighted by atomic mass is 127. The Morgan fingerprint density at radius 2 is 2.31 bits per heavy atom. The molecule has 0 aliphatic carbocycles. The summed E-state index contributed by atoms with van der Waals surface area (Å²) in [6.45, 7) is 4.89. The maximum Gasteiger partial charge on any atom is 0.345 e. The topological polar surface area (TPSA) is 76.7 Å². The number of guanidine groups is 1. The Hall–Kier alpha value is -1.10. The van der Waals surface area contributed by atoms with Crippen LogP contribution in [0.2, 0.25) is 0 Å². The lowest BCUT2D eigenvalue weighted by atomic mass is 10.1. The van der Waals surface area contributed by atoms with Crippen molar-refractivity contribution >= 4 is 29.9 Å². The van der Waals surface area contributed by atoms with Crippen molar-refractivity contribution in [3.63, 3.8) is 0 Å². The smallest absolute Gasteiger partial charge is 0.345 e. The number of nitrogens with zero attached hydrogens (tertiary/aromatic N) is 5. The van der Waals surface area contributed by atoms with Gasteiger partial charge in [-0.3, -0.25) is 9.56 Å². The largest absolute Gasteiger partial charge is 0.381 e. The minimum absolute atomic E-state index is 0. The third-order valence-electron chi connectivity index (χ3n) is 4.99. The van der Waals surface area contributed by atoms with Crippen LogP contribution in [-0.2, 0) is 24.2 Å². The number of aliphatic imine (C=N–C) groups is 1. The van der Waals surface area contributed by atoms with E-state index in [0.717, 1.165) is 76.7 Å². The van der Waals surface area contributed by atoms with Crippen LogP contribution in [-0.4, -0.2) is 65.6 Å². The van der Waals surface area contributed by atoms with Gasteiger partial charge in [0.25, 0.3) is 0 Å². The Morgan fingerprint density at radius 1 is 1.46 bits per heavy atom. The average Bonchev–Trinajstić information content (AvgIpc) is 3.23. The minimum Gasteiger partial charge on any atom is -0.381 e. The lowest BCUT2D eigenvalue weighted by Crippen LogP contribution is -2.42. The second-order valence-electron chi connectivity index (χ2n) is 6.97. The Balaban J connectivity index is 0.00000243. The molecule has 0 radical (unpaired) electrons. The molecule has 8 nitrogen and oxygen atoms in total. The van der Waals surface area contributed by atoms with Gasteiger partial charge in [-0.05, 0) is 25.7 Å². The Morgan fingerprint density at radius 3 is 3.00 bits per heavy atom. The van der Waals surface area contributed by atoms with E-state index in [0.29, 0.717) is 12.5 Å². The van der Waals surface area contributed by atoms with Crippen molar-refractivity contribution in [1.29, 1.82) is 0 Å². The fourth-order valence-corrected chi connectivity index (χ4v) is 3.61. The molecule has 0 spiro atoms. The zero-order valence-corrected chi connectivity index (χ0v) is 18.1. The molecule has 3 rings (SSSR count). The van der Waals surface area contributed by atoms with Gasteiger partial charge in [-0.1, -0.05) is 0 Å². The van der Waals surface area contributed by atoms with Crippen LogP contribution in [0.1, 0.15) is 31.5 Å². The normalized spacial score (nSPS) is 19.8. The molecular formula is C17H31IN6O2. The number of fused-ring (bicyclic) bond motifs is 1. The highest BCUT2D eigenvalue weighted by Gasteiger charge is 2.19. The summed E-state index contributed by atoms with van der Waals surface area (Å²) in [6, 6.07) is 0. The quantitative estimate of drug-likeness (QED) is 0.285. The predicted octanol–water partition coefficient (Wildman–Crippen LogP) is 0.933. The molecule has 0 amide bonds. The first-order chi connectivity index (χ1) is 12.2. The van der Waals surface area contributed by atoms with Gasteiger partial charge in [0.1, 0.15) is 5.82 Å². The van der Waals surface area contributed by atoms with E-state index in [2.05, 4.69) is 27.4 Å². The van der Waals surface area contributed by atoms with Gasteiger partial charge in [0.2, 0.25) is 0 Å². The van der Waals surface area contributed by atoms with Gasteiger partial charge in [-0.15, -0.1) is 24.0 Å². The first kappa shape index (κ1) is 21.2. The molecule has 1 unspecified atom stereocenters. The summed E-state index contributed by atoms with van der Waals surface area (Å²) in [6.07, 6.45) is 5.09. The second-order valence-corrected chi connectivity index (χ2v) is 6.97. The van der Waals surface area contributed by atoms with Crippen LogP contribution in [0.15, 0.2) is 9.79 Å². The number of nitrogens with one attached hydrogen (secondary N) is 1. The summed E-state index contributed by atoms with van der Waals surface area (Å²) in [7, 11) is 3.86. The maximum atomic E-state index is 12.3.